The van der Waals surface area contributed by atoms with Gasteiger partial charge >= 0.3 is 5.97 Å². The maximum Gasteiger partial charge on any atom is 0.313 e. The van der Waals surface area contributed by atoms with Gasteiger partial charge in [-0.25, -0.2) is 0 Å². The number of likely N-dealkylation sites (tertiary alicyclic amines) is 1. The molecule has 6 atom stereocenters. The predicted octanol–water partition coefficient (Wildman–Crippen LogP) is 3.46. The highest BCUT2D eigenvalue weighted by Gasteiger charge is 2.73. The SMILES string of the molecule is O=C1CC/C=C\CN(c2ccc3ccccc3c2)C(=O)[C@@H]2N(CCCO)C(=O)[C@H]3[C@H](C(=O)O[C@H](c4ccccc4)CN1)[C@@H]1C=C[C@]23O1. The van der Waals surface area contributed by atoms with Crippen molar-refractivity contribution in [1.82, 2.24) is 10.2 Å². The summed E-state index contributed by atoms with van der Waals surface area (Å²) >= 11 is 0. The van der Waals surface area contributed by atoms with E-state index in [0.29, 0.717) is 17.7 Å². The van der Waals surface area contributed by atoms with E-state index in [1.54, 1.807) is 17.1 Å². The number of hydrogen-bond acceptors (Lipinski definition) is 7. The number of fused-ring (bicyclic) bond motifs is 3. The minimum absolute atomic E-state index is 0.0651. The van der Waals surface area contributed by atoms with Gasteiger partial charge in [-0.2, -0.15) is 0 Å². The molecule has 5 bridgehead atoms. The summed E-state index contributed by atoms with van der Waals surface area (Å²) in [4.78, 5) is 59.2. The predicted molar refractivity (Wildman–Crippen MR) is 174 cm³/mol. The molecule has 4 aliphatic rings. The van der Waals surface area contributed by atoms with E-state index in [2.05, 4.69) is 5.32 Å². The van der Waals surface area contributed by atoms with Crippen molar-refractivity contribution in [1.29, 1.82) is 0 Å². The number of allylic oxidation sites excluding steroid dienone is 1. The van der Waals surface area contributed by atoms with Crippen molar-refractivity contribution < 1.29 is 33.8 Å². The van der Waals surface area contributed by atoms with Crippen LogP contribution in [-0.4, -0.2) is 77.7 Å². The number of ether oxygens (including phenoxy) is 2. The first-order valence-corrected chi connectivity index (χ1v) is 16.2. The van der Waals surface area contributed by atoms with Crippen LogP contribution in [0.25, 0.3) is 10.8 Å². The molecule has 242 valence electrons. The number of nitrogens with zero attached hydrogens (tertiary/aromatic N) is 2. The number of rotatable bonds is 5. The number of esters is 1. The Labute approximate surface area is 272 Å². The molecule has 0 aromatic heterocycles. The Balaban J connectivity index is 1.31. The molecular formula is C37H37N3O7. The van der Waals surface area contributed by atoms with E-state index in [0.717, 1.165) is 10.8 Å². The number of aliphatic hydroxyl groups is 1. The van der Waals surface area contributed by atoms with E-state index in [1.165, 1.54) is 4.90 Å². The number of amides is 3. The van der Waals surface area contributed by atoms with Crippen LogP contribution in [0.15, 0.2) is 97.1 Å². The molecule has 2 fully saturated rings. The van der Waals surface area contributed by atoms with Crippen molar-refractivity contribution in [3.63, 3.8) is 0 Å². The third-order valence-electron chi connectivity index (χ3n) is 9.65. The first kappa shape index (κ1) is 30.8. The van der Waals surface area contributed by atoms with Gasteiger partial charge in [-0.05, 0) is 41.3 Å². The Hall–Kier alpha value is -4.80. The maximum atomic E-state index is 14.9. The highest BCUT2D eigenvalue weighted by molar-refractivity contribution is 6.06. The molecule has 3 amide bonds. The number of hydrogen-bond donors (Lipinski definition) is 2. The molecular weight excluding hydrogens is 598 g/mol. The van der Waals surface area contributed by atoms with Crippen molar-refractivity contribution in [2.75, 3.05) is 31.1 Å². The molecule has 0 saturated carbocycles. The van der Waals surface area contributed by atoms with Gasteiger partial charge in [0.1, 0.15) is 23.7 Å². The lowest BCUT2D eigenvalue weighted by Gasteiger charge is -2.36. The minimum atomic E-state index is -1.39. The fraction of sp³-hybridized carbons (Fsp3) is 0.351. The summed E-state index contributed by atoms with van der Waals surface area (Å²) in [6, 6.07) is 21.7. The van der Waals surface area contributed by atoms with Gasteiger partial charge in [0.05, 0.1) is 18.6 Å². The van der Waals surface area contributed by atoms with Crippen LogP contribution < -0.4 is 10.2 Å². The molecule has 0 radical (unpaired) electrons. The van der Waals surface area contributed by atoms with Crippen molar-refractivity contribution in [3.05, 3.63) is 103 Å². The fourth-order valence-electron chi connectivity index (χ4n) is 7.43. The molecule has 10 nitrogen and oxygen atoms in total. The van der Waals surface area contributed by atoms with Gasteiger partial charge in [0.15, 0.2) is 0 Å². The third-order valence-corrected chi connectivity index (χ3v) is 9.65. The fourth-order valence-corrected chi connectivity index (χ4v) is 7.43. The van der Waals surface area contributed by atoms with Gasteiger partial charge in [-0.3, -0.25) is 19.2 Å². The van der Waals surface area contributed by atoms with E-state index < -0.39 is 41.7 Å². The van der Waals surface area contributed by atoms with Gasteiger partial charge in [0, 0.05) is 31.8 Å². The van der Waals surface area contributed by atoms with Crippen LogP contribution in [0.5, 0.6) is 0 Å². The molecule has 2 saturated heterocycles. The maximum absolute atomic E-state index is 14.9. The van der Waals surface area contributed by atoms with Gasteiger partial charge < -0.3 is 29.7 Å². The van der Waals surface area contributed by atoms with Crippen LogP contribution in [0, 0.1) is 11.8 Å². The van der Waals surface area contributed by atoms with E-state index >= 15 is 0 Å². The molecule has 2 N–H and O–H groups in total. The zero-order chi connectivity index (χ0) is 32.5. The molecule has 1 spiro atoms. The van der Waals surface area contributed by atoms with Crippen molar-refractivity contribution in [3.8, 4) is 0 Å². The average Bonchev–Trinajstić information content (AvgIpc) is 3.74. The van der Waals surface area contributed by atoms with Gasteiger partial charge in [0.25, 0.3) is 5.91 Å². The molecule has 0 aliphatic carbocycles. The van der Waals surface area contributed by atoms with E-state index in [-0.39, 0.29) is 56.8 Å². The third kappa shape index (κ3) is 5.51. The summed E-state index contributed by atoms with van der Waals surface area (Å²) in [6.45, 7) is 0.199. The second kappa shape index (κ2) is 12.8. The highest BCUT2D eigenvalue weighted by atomic mass is 16.6. The lowest BCUT2D eigenvalue weighted by atomic mass is 9.74. The number of anilines is 1. The van der Waals surface area contributed by atoms with Crippen LogP contribution in [0.2, 0.25) is 0 Å². The zero-order valence-electron chi connectivity index (χ0n) is 25.9. The summed E-state index contributed by atoms with van der Waals surface area (Å²) in [7, 11) is 0. The van der Waals surface area contributed by atoms with E-state index in [9.17, 15) is 24.3 Å². The van der Waals surface area contributed by atoms with Crippen LogP contribution in [0.3, 0.4) is 0 Å². The Bertz CT molecular complexity index is 1760. The topological polar surface area (TPSA) is 125 Å². The Morgan fingerprint density at radius 3 is 2.51 bits per heavy atom. The molecule has 3 aromatic carbocycles. The first-order valence-electron chi connectivity index (χ1n) is 16.2. The number of nitrogens with one attached hydrogen (secondary N) is 1. The normalized spacial score (nSPS) is 30.0. The number of benzene rings is 3. The van der Waals surface area contributed by atoms with Crippen molar-refractivity contribution >= 4 is 40.2 Å². The Kier molecular flexibility index (Phi) is 8.38. The molecule has 0 unspecified atom stereocenters. The molecule has 7 rings (SSSR count). The quantitative estimate of drug-likeness (QED) is 0.325. The highest BCUT2D eigenvalue weighted by Crippen LogP contribution is 2.56. The van der Waals surface area contributed by atoms with Crippen LogP contribution in [0.4, 0.5) is 5.69 Å². The lowest BCUT2D eigenvalue weighted by molar-refractivity contribution is -0.159. The molecule has 10 heteroatoms. The molecule has 3 aromatic rings. The summed E-state index contributed by atoms with van der Waals surface area (Å²) in [5.41, 5.74) is -0.0439. The largest absolute Gasteiger partial charge is 0.455 e. The smallest absolute Gasteiger partial charge is 0.313 e. The number of carbonyl (C=O) groups is 4. The summed E-state index contributed by atoms with van der Waals surface area (Å²) in [6.07, 6.45) is 6.60. The van der Waals surface area contributed by atoms with Crippen LogP contribution >= 0.6 is 0 Å². The second-order valence-corrected chi connectivity index (χ2v) is 12.4. The number of aliphatic hydroxyl groups excluding tert-OH is 1. The Morgan fingerprint density at radius 2 is 1.70 bits per heavy atom. The second-order valence-electron chi connectivity index (χ2n) is 12.4. The van der Waals surface area contributed by atoms with Crippen molar-refractivity contribution in [2.24, 2.45) is 11.8 Å². The lowest BCUT2D eigenvalue weighted by Crippen LogP contribution is -2.56. The van der Waals surface area contributed by atoms with E-state index in [1.807, 2.05) is 84.9 Å². The molecule has 4 heterocycles. The summed E-state index contributed by atoms with van der Waals surface area (Å²) in [5.74, 6) is -3.55. The van der Waals surface area contributed by atoms with Gasteiger partial charge in [0.2, 0.25) is 11.8 Å². The van der Waals surface area contributed by atoms with Crippen LogP contribution in [0.1, 0.15) is 30.9 Å². The molecule has 47 heavy (non-hydrogen) atoms. The zero-order valence-corrected chi connectivity index (χ0v) is 25.9. The van der Waals surface area contributed by atoms with Gasteiger partial charge in [-0.1, -0.05) is 85.0 Å². The first-order chi connectivity index (χ1) is 22.9. The van der Waals surface area contributed by atoms with Crippen LogP contribution in [-0.2, 0) is 28.7 Å². The van der Waals surface area contributed by atoms with E-state index in [4.69, 9.17) is 9.47 Å². The van der Waals surface area contributed by atoms with Crippen molar-refractivity contribution in [2.45, 2.75) is 43.1 Å². The average molecular weight is 636 g/mol. The minimum Gasteiger partial charge on any atom is -0.455 e. The monoisotopic (exact) mass is 635 g/mol. The Morgan fingerprint density at radius 1 is 0.915 bits per heavy atom. The summed E-state index contributed by atoms with van der Waals surface area (Å²) in [5, 5.41) is 14.6. The number of carbonyl (C=O) groups excluding carboxylic acids is 4. The summed E-state index contributed by atoms with van der Waals surface area (Å²) < 4.78 is 12.6. The standard InChI is InChI=1S/C37H37N3O7/c41-21-9-20-40-33-35(44)39(27-16-15-24-10-6-7-13-26(24)22-27)19-8-2-5-14-30(42)38-23-29(25-11-3-1-4-12-25)46-36(45)31-28-17-18-37(33,47-28)32(31)34(40)43/h1-4,6-8,10-13,15-18,22,28-29,31-33,41H,5,9,14,19-21,23H2,(H,38,42)/b8-2-/t28-,29-,31+,32+,33-,37+/m0/s1. The number of cyclic esters (lactones) is 1. The molecule has 4 aliphatic heterocycles. The van der Waals surface area contributed by atoms with Gasteiger partial charge in [-0.15, -0.1) is 0 Å².